The number of aromatic nitrogens is 3. The van der Waals surface area contributed by atoms with Crippen molar-refractivity contribution in [3.63, 3.8) is 0 Å². The minimum atomic E-state index is -0.0464. The summed E-state index contributed by atoms with van der Waals surface area (Å²) < 4.78 is 1.77. The van der Waals surface area contributed by atoms with Gasteiger partial charge in [0.05, 0.1) is 28.6 Å². The Morgan fingerprint density at radius 1 is 1.47 bits per heavy atom. The molecule has 2 aromatic heterocycles. The van der Waals surface area contributed by atoms with Crippen LogP contribution in [0.1, 0.15) is 23.0 Å². The van der Waals surface area contributed by atoms with Gasteiger partial charge in [-0.3, -0.25) is 9.67 Å². The lowest BCUT2D eigenvalue weighted by molar-refractivity contribution is 0.594. The van der Waals surface area contributed by atoms with E-state index in [-0.39, 0.29) is 6.04 Å². The van der Waals surface area contributed by atoms with Gasteiger partial charge in [-0.05, 0) is 31.7 Å². The summed E-state index contributed by atoms with van der Waals surface area (Å²) in [6, 6.07) is 3.97. The van der Waals surface area contributed by atoms with Crippen molar-refractivity contribution in [3.8, 4) is 0 Å². The summed E-state index contributed by atoms with van der Waals surface area (Å²) in [6.07, 6.45) is 3.45. The fourth-order valence-electron chi connectivity index (χ4n) is 1.89. The Morgan fingerprint density at radius 2 is 2.24 bits per heavy atom. The van der Waals surface area contributed by atoms with Crippen LogP contribution in [0.15, 0.2) is 24.5 Å². The molecule has 0 bridgehead atoms. The van der Waals surface area contributed by atoms with Crippen molar-refractivity contribution in [2.45, 2.75) is 13.0 Å². The van der Waals surface area contributed by atoms with Crippen LogP contribution >= 0.6 is 11.6 Å². The second-order valence-electron chi connectivity index (χ2n) is 3.98. The number of nitrogens with zero attached hydrogens (tertiary/aromatic N) is 3. The normalized spacial score (nSPS) is 12.7. The molecule has 1 atom stereocenters. The van der Waals surface area contributed by atoms with Crippen molar-refractivity contribution >= 4 is 11.6 Å². The van der Waals surface area contributed by atoms with Crippen molar-refractivity contribution < 1.29 is 0 Å². The third-order valence-electron chi connectivity index (χ3n) is 2.73. The zero-order valence-electron chi connectivity index (χ0n) is 10.1. The molecule has 2 aromatic rings. The van der Waals surface area contributed by atoms with E-state index in [1.165, 1.54) is 5.56 Å². The third kappa shape index (κ3) is 2.33. The second kappa shape index (κ2) is 4.85. The van der Waals surface area contributed by atoms with E-state index >= 15 is 0 Å². The molecular formula is C12H15ClN4. The second-order valence-corrected chi connectivity index (χ2v) is 4.39. The molecule has 0 radical (unpaired) electrons. The Labute approximate surface area is 106 Å². The predicted molar refractivity (Wildman–Crippen MR) is 68.1 cm³/mol. The Balaban J connectivity index is 2.47. The van der Waals surface area contributed by atoms with Crippen LogP contribution in [0, 0.1) is 6.92 Å². The van der Waals surface area contributed by atoms with Crippen molar-refractivity contribution in [1.82, 2.24) is 20.1 Å². The lowest BCUT2D eigenvalue weighted by Crippen LogP contribution is -2.22. The summed E-state index contributed by atoms with van der Waals surface area (Å²) in [6.45, 7) is 2.04. The molecule has 0 aromatic carbocycles. The summed E-state index contributed by atoms with van der Waals surface area (Å²) in [4.78, 5) is 4.39. The van der Waals surface area contributed by atoms with Gasteiger partial charge in [0.25, 0.3) is 0 Å². The fourth-order valence-corrected chi connectivity index (χ4v) is 2.16. The Hall–Kier alpha value is -1.39. The van der Waals surface area contributed by atoms with Crippen LogP contribution in [0.25, 0.3) is 0 Å². The number of rotatable bonds is 3. The van der Waals surface area contributed by atoms with E-state index < -0.39 is 0 Å². The molecule has 0 saturated heterocycles. The maximum absolute atomic E-state index is 6.16. The van der Waals surface area contributed by atoms with Gasteiger partial charge >= 0.3 is 0 Å². The molecule has 0 fully saturated rings. The molecule has 2 rings (SSSR count). The summed E-state index contributed by atoms with van der Waals surface area (Å²) in [7, 11) is 3.76. The number of hydrogen-bond acceptors (Lipinski definition) is 3. The highest BCUT2D eigenvalue weighted by atomic mass is 35.5. The quantitative estimate of drug-likeness (QED) is 0.907. The van der Waals surface area contributed by atoms with E-state index in [9.17, 15) is 0 Å². The van der Waals surface area contributed by atoms with E-state index in [1.807, 2.05) is 33.2 Å². The number of pyridine rings is 1. The SMILES string of the molecule is CNC(c1cc(C)ccn1)c1c(Cl)cnn1C. The molecule has 90 valence electrons. The van der Waals surface area contributed by atoms with Crippen LogP contribution in [0.2, 0.25) is 5.02 Å². The Kier molecular flexibility index (Phi) is 3.45. The van der Waals surface area contributed by atoms with Crippen molar-refractivity contribution in [2.24, 2.45) is 7.05 Å². The minimum absolute atomic E-state index is 0.0464. The lowest BCUT2D eigenvalue weighted by atomic mass is 10.1. The van der Waals surface area contributed by atoms with Gasteiger partial charge < -0.3 is 5.32 Å². The largest absolute Gasteiger partial charge is 0.307 e. The van der Waals surface area contributed by atoms with E-state index in [2.05, 4.69) is 15.4 Å². The van der Waals surface area contributed by atoms with Gasteiger partial charge in [0.2, 0.25) is 0 Å². The Bertz CT molecular complexity index is 501. The van der Waals surface area contributed by atoms with Gasteiger partial charge in [-0.2, -0.15) is 5.10 Å². The molecule has 4 nitrogen and oxygen atoms in total. The van der Waals surface area contributed by atoms with Crippen LogP contribution in [0.3, 0.4) is 0 Å². The van der Waals surface area contributed by atoms with E-state index in [4.69, 9.17) is 11.6 Å². The molecule has 17 heavy (non-hydrogen) atoms. The first-order valence-corrected chi connectivity index (χ1v) is 5.78. The van der Waals surface area contributed by atoms with E-state index in [0.717, 1.165) is 11.4 Å². The molecule has 0 saturated carbocycles. The van der Waals surface area contributed by atoms with Crippen molar-refractivity contribution in [1.29, 1.82) is 0 Å². The van der Waals surface area contributed by atoms with Crippen LogP contribution in [0.4, 0.5) is 0 Å². The molecule has 5 heteroatoms. The summed E-state index contributed by atoms with van der Waals surface area (Å²) in [5, 5.41) is 8.02. The summed E-state index contributed by atoms with van der Waals surface area (Å²) >= 11 is 6.16. The monoisotopic (exact) mass is 250 g/mol. The third-order valence-corrected chi connectivity index (χ3v) is 3.02. The molecule has 0 aliphatic rings. The number of nitrogens with one attached hydrogen (secondary N) is 1. The Morgan fingerprint density at radius 3 is 2.76 bits per heavy atom. The molecule has 0 amide bonds. The van der Waals surface area contributed by atoms with Gasteiger partial charge in [0.15, 0.2) is 0 Å². The van der Waals surface area contributed by atoms with Crippen LogP contribution in [0.5, 0.6) is 0 Å². The smallest absolute Gasteiger partial charge is 0.0934 e. The van der Waals surface area contributed by atoms with Gasteiger partial charge in [-0.25, -0.2) is 0 Å². The average Bonchev–Trinajstić information content (AvgIpc) is 2.62. The first-order valence-electron chi connectivity index (χ1n) is 5.40. The average molecular weight is 251 g/mol. The molecule has 2 heterocycles. The standard InChI is InChI=1S/C12H15ClN4/c1-8-4-5-15-10(6-8)11(14-2)12-9(13)7-16-17(12)3/h4-7,11,14H,1-3H3. The predicted octanol–water partition coefficient (Wildman–Crippen LogP) is 2.09. The molecular weight excluding hydrogens is 236 g/mol. The van der Waals surface area contributed by atoms with E-state index in [1.54, 1.807) is 17.1 Å². The number of hydrogen-bond donors (Lipinski definition) is 1. The highest BCUT2D eigenvalue weighted by Crippen LogP contribution is 2.26. The highest BCUT2D eigenvalue weighted by molar-refractivity contribution is 6.31. The lowest BCUT2D eigenvalue weighted by Gasteiger charge is -2.17. The summed E-state index contributed by atoms with van der Waals surface area (Å²) in [5.74, 6) is 0. The minimum Gasteiger partial charge on any atom is -0.307 e. The first-order chi connectivity index (χ1) is 8.13. The van der Waals surface area contributed by atoms with Crippen molar-refractivity contribution in [3.05, 3.63) is 46.5 Å². The number of halogens is 1. The first kappa shape index (κ1) is 12.1. The molecule has 0 aliphatic carbocycles. The van der Waals surface area contributed by atoms with Gasteiger partial charge in [0, 0.05) is 13.2 Å². The van der Waals surface area contributed by atoms with Gasteiger partial charge in [0.1, 0.15) is 0 Å². The highest BCUT2D eigenvalue weighted by Gasteiger charge is 2.20. The molecule has 0 aliphatic heterocycles. The zero-order valence-corrected chi connectivity index (χ0v) is 10.9. The maximum Gasteiger partial charge on any atom is 0.0934 e. The van der Waals surface area contributed by atoms with E-state index in [0.29, 0.717) is 5.02 Å². The number of aryl methyl sites for hydroxylation is 2. The molecule has 1 unspecified atom stereocenters. The molecule has 0 spiro atoms. The van der Waals surface area contributed by atoms with Crippen molar-refractivity contribution in [2.75, 3.05) is 7.05 Å². The summed E-state index contributed by atoms with van der Waals surface area (Å²) in [5.41, 5.74) is 3.04. The zero-order chi connectivity index (χ0) is 12.4. The van der Waals surface area contributed by atoms with Crippen LogP contribution in [-0.2, 0) is 7.05 Å². The van der Waals surface area contributed by atoms with Gasteiger partial charge in [-0.1, -0.05) is 11.6 Å². The van der Waals surface area contributed by atoms with Crippen LogP contribution in [-0.4, -0.2) is 21.8 Å². The fraction of sp³-hybridized carbons (Fsp3) is 0.333. The molecule has 1 N–H and O–H groups in total. The van der Waals surface area contributed by atoms with Gasteiger partial charge in [-0.15, -0.1) is 0 Å². The maximum atomic E-state index is 6.16. The van der Waals surface area contributed by atoms with Crippen LogP contribution < -0.4 is 5.32 Å². The topological polar surface area (TPSA) is 42.7 Å².